The summed E-state index contributed by atoms with van der Waals surface area (Å²) in [6, 6.07) is 16.2. The molecule has 0 saturated carbocycles. The van der Waals surface area contributed by atoms with Gasteiger partial charge in [-0.2, -0.15) is 0 Å². The third kappa shape index (κ3) is 6.10. The SMILES string of the molecule is O=C(OCc1ccccc1)N1CCC(O)(C(O)CN2CCC(c3ccc(F)cc3)CC2)CC1. The van der Waals surface area contributed by atoms with E-state index >= 15 is 0 Å². The number of aliphatic hydroxyl groups excluding tert-OH is 1. The van der Waals surface area contributed by atoms with Crippen molar-refractivity contribution in [1.82, 2.24) is 9.80 Å². The number of halogens is 1. The molecule has 0 bridgehead atoms. The Bertz CT molecular complexity index is 892. The number of nitrogens with zero attached hydrogens (tertiary/aromatic N) is 2. The maximum absolute atomic E-state index is 13.2. The van der Waals surface area contributed by atoms with E-state index < -0.39 is 17.8 Å². The number of benzene rings is 2. The minimum absolute atomic E-state index is 0.219. The van der Waals surface area contributed by atoms with Gasteiger partial charge in [0.15, 0.2) is 0 Å². The average molecular weight is 457 g/mol. The fourth-order valence-corrected chi connectivity index (χ4v) is 4.82. The smallest absolute Gasteiger partial charge is 0.410 e. The van der Waals surface area contributed by atoms with Crippen LogP contribution in [0.5, 0.6) is 0 Å². The zero-order valence-electron chi connectivity index (χ0n) is 18.9. The quantitative estimate of drug-likeness (QED) is 0.696. The molecule has 6 nitrogen and oxygen atoms in total. The molecule has 33 heavy (non-hydrogen) atoms. The van der Waals surface area contributed by atoms with Gasteiger partial charge in [-0.1, -0.05) is 42.5 Å². The number of β-amino-alcohol motifs (C(OH)–C–C–N with tert-alkyl or cyclic N) is 1. The summed E-state index contributed by atoms with van der Waals surface area (Å²) in [5.41, 5.74) is 0.879. The second kappa shape index (κ2) is 10.6. The molecule has 1 atom stereocenters. The van der Waals surface area contributed by atoms with Crippen LogP contribution in [0, 0.1) is 5.82 Å². The number of ether oxygens (including phenoxy) is 1. The first-order valence-electron chi connectivity index (χ1n) is 11.8. The molecule has 178 valence electrons. The van der Waals surface area contributed by atoms with Gasteiger partial charge in [0.1, 0.15) is 12.4 Å². The lowest BCUT2D eigenvalue weighted by Crippen LogP contribution is -2.56. The maximum Gasteiger partial charge on any atom is 0.410 e. The number of piperidine rings is 2. The van der Waals surface area contributed by atoms with E-state index in [1.54, 1.807) is 4.90 Å². The summed E-state index contributed by atoms with van der Waals surface area (Å²) in [6.45, 7) is 2.99. The molecule has 2 saturated heterocycles. The molecule has 4 rings (SSSR count). The number of likely N-dealkylation sites (tertiary alicyclic amines) is 2. The lowest BCUT2D eigenvalue weighted by atomic mass is 9.84. The van der Waals surface area contributed by atoms with E-state index in [1.807, 2.05) is 42.5 Å². The van der Waals surface area contributed by atoms with Crippen LogP contribution in [0.15, 0.2) is 54.6 Å². The molecule has 2 fully saturated rings. The molecular formula is C26H33FN2O4. The molecule has 2 N–H and O–H groups in total. The number of carbonyl (C=O) groups excluding carboxylic acids is 1. The van der Waals surface area contributed by atoms with Crippen molar-refractivity contribution < 1.29 is 24.1 Å². The molecule has 0 spiro atoms. The minimum atomic E-state index is -1.20. The van der Waals surface area contributed by atoms with Crippen molar-refractivity contribution >= 4 is 6.09 Å². The monoisotopic (exact) mass is 456 g/mol. The number of aliphatic hydroxyl groups is 2. The van der Waals surface area contributed by atoms with Gasteiger partial charge in [-0.15, -0.1) is 0 Å². The number of carbonyl (C=O) groups is 1. The lowest BCUT2D eigenvalue weighted by Gasteiger charge is -2.42. The molecule has 0 radical (unpaired) electrons. The van der Waals surface area contributed by atoms with E-state index in [0.717, 1.165) is 37.1 Å². The van der Waals surface area contributed by atoms with Crippen LogP contribution in [0.3, 0.4) is 0 Å². The Hall–Kier alpha value is -2.48. The Morgan fingerprint density at radius 3 is 2.30 bits per heavy atom. The number of hydrogen-bond acceptors (Lipinski definition) is 5. The topological polar surface area (TPSA) is 73.2 Å². The van der Waals surface area contributed by atoms with Crippen LogP contribution in [0.1, 0.15) is 42.7 Å². The number of rotatable bonds is 6. The van der Waals surface area contributed by atoms with Gasteiger partial charge in [-0.05, 0) is 68.0 Å². The normalized spacial score (nSPS) is 20.4. The lowest BCUT2D eigenvalue weighted by molar-refractivity contribution is -0.116. The highest BCUT2D eigenvalue weighted by Gasteiger charge is 2.41. The largest absolute Gasteiger partial charge is 0.445 e. The number of amides is 1. The Labute approximate surface area is 194 Å². The van der Waals surface area contributed by atoms with Crippen molar-refractivity contribution in [3.8, 4) is 0 Å². The second-order valence-electron chi connectivity index (χ2n) is 9.27. The summed E-state index contributed by atoms with van der Waals surface area (Å²) in [5, 5.41) is 21.9. The molecule has 0 aromatic heterocycles. The van der Waals surface area contributed by atoms with Gasteiger partial charge in [-0.3, -0.25) is 0 Å². The van der Waals surface area contributed by atoms with E-state index in [9.17, 15) is 19.4 Å². The Kier molecular flexibility index (Phi) is 7.63. The van der Waals surface area contributed by atoms with Gasteiger partial charge < -0.3 is 24.7 Å². The predicted octanol–water partition coefficient (Wildman–Crippen LogP) is 3.53. The van der Waals surface area contributed by atoms with Crippen LogP contribution in [0.2, 0.25) is 0 Å². The third-order valence-electron chi connectivity index (χ3n) is 7.07. The van der Waals surface area contributed by atoms with Crippen LogP contribution >= 0.6 is 0 Å². The van der Waals surface area contributed by atoms with Crippen LogP contribution < -0.4 is 0 Å². The fourth-order valence-electron chi connectivity index (χ4n) is 4.82. The maximum atomic E-state index is 13.2. The Morgan fingerprint density at radius 2 is 1.67 bits per heavy atom. The van der Waals surface area contributed by atoms with Gasteiger partial charge in [0, 0.05) is 19.6 Å². The van der Waals surface area contributed by atoms with Crippen LogP contribution in [-0.2, 0) is 11.3 Å². The van der Waals surface area contributed by atoms with Crippen LogP contribution in [-0.4, -0.2) is 70.5 Å². The fraction of sp³-hybridized carbons (Fsp3) is 0.500. The standard InChI is InChI=1S/C26H33FN2O4/c27-23-8-6-21(7-9-23)22-10-14-28(15-11-22)18-24(30)26(32)12-16-29(17-13-26)25(31)33-19-20-4-2-1-3-5-20/h1-9,22,24,30,32H,10-19H2. The van der Waals surface area contributed by atoms with Gasteiger partial charge in [0.05, 0.1) is 11.7 Å². The summed E-state index contributed by atoms with van der Waals surface area (Å²) >= 11 is 0. The van der Waals surface area contributed by atoms with E-state index in [2.05, 4.69) is 4.90 Å². The Balaban J connectivity index is 1.20. The molecule has 2 aliphatic rings. The van der Waals surface area contributed by atoms with Gasteiger partial charge in [0.2, 0.25) is 0 Å². The summed E-state index contributed by atoms with van der Waals surface area (Å²) in [7, 11) is 0. The summed E-state index contributed by atoms with van der Waals surface area (Å²) in [5.74, 6) is 0.176. The number of hydrogen-bond donors (Lipinski definition) is 2. The average Bonchev–Trinajstić information content (AvgIpc) is 2.84. The van der Waals surface area contributed by atoms with Gasteiger partial charge in [0.25, 0.3) is 0 Å². The highest BCUT2D eigenvalue weighted by atomic mass is 19.1. The molecule has 2 aromatic rings. The summed E-state index contributed by atoms with van der Waals surface area (Å²) in [6.07, 6.45) is 1.26. The van der Waals surface area contributed by atoms with Crippen molar-refractivity contribution in [2.75, 3.05) is 32.7 Å². The predicted molar refractivity (Wildman–Crippen MR) is 123 cm³/mol. The molecule has 2 aliphatic heterocycles. The zero-order chi connectivity index (χ0) is 23.3. The first-order chi connectivity index (χ1) is 15.9. The minimum Gasteiger partial charge on any atom is -0.445 e. The van der Waals surface area contributed by atoms with Crippen molar-refractivity contribution in [3.05, 3.63) is 71.5 Å². The van der Waals surface area contributed by atoms with E-state index in [0.29, 0.717) is 38.4 Å². The van der Waals surface area contributed by atoms with Crippen molar-refractivity contribution in [2.24, 2.45) is 0 Å². The van der Waals surface area contributed by atoms with E-state index in [4.69, 9.17) is 4.74 Å². The van der Waals surface area contributed by atoms with Gasteiger partial charge >= 0.3 is 6.09 Å². The molecule has 2 aromatic carbocycles. The molecule has 7 heteroatoms. The Morgan fingerprint density at radius 1 is 1.03 bits per heavy atom. The van der Waals surface area contributed by atoms with E-state index in [-0.39, 0.29) is 12.4 Å². The molecule has 2 heterocycles. The summed E-state index contributed by atoms with van der Waals surface area (Å²) in [4.78, 5) is 16.1. The second-order valence-corrected chi connectivity index (χ2v) is 9.27. The highest BCUT2D eigenvalue weighted by molar-refractivity contribution is 5.67. The van der Waals surface area contributed by atoms with Crippen molar-refractivity contribution in [2.45, 2.75) is 49.9 Å². The van der Waals surface area contributed by atoms with Crippen molar-refractivity contribution in [1.29, 1.82) is 0 Å². The summed E-state index contributed by atoms with van der Waals surface area (Å²) < 4.78 is 18.5. The molecule has 0 aliphatic carbocycles. The molecular weight excluding hydrogens is 423 g/mol. The molecule has 1 unspecified atom stereocenters. The van der Waals surface area contributed by atoms with E-state index in [1.165, 1.54) is 12.1 Å². The third-order valence-corrected chi connectivity index (χ3v) is 7.07. The van der Waals surface area contributed by atoms with Gasteiger partial charge in [-0.25, -0.2) is 9.18 Å². The van der Waals surface area contributed by atoms with Crippen LogP contribution in [0.25, 0.3) is 0 Å². The first kappa shape index (κ1) is 23.7. The highest BCUT2D eigenvalue weighted by Crippen LogP contribution is 2.31. The van der Waals surface area contributed by atoms with Crippen molar-refractivity contribution in [3.63, 3.8) is 0 Å². The molecule has 1 amide bonds. The van der Waals surface area contributed by atoms with Crippen LogP contribution in [0.4, 0.5) is 9.18 Å². The zero-order valence-corrected chi connectivity index (χ0v) is 18.9. The first-order valence-corrected chi connectivity index (χ1v) is 11.8.